The Hall–Kier alpha value is -0.626. The molecule has 0 aromatic rings. The predicted molar refractivity (Wildman–Crippen MR) is 84.0 cm³/mol. The van der Waals surface area contributed by atoms with Gasteiger partial charge >= 0.3 is 5.97 Å². The zero-order chi connectivity index (χ0) is 15.4. The molecule has 0 aliphatic rings. The Kier molecular flexibility index (Phi) is 6.48. The van der Waals surface area contributed by atoms with Crippen LogP contribution in [0.3, 0.4) is 0 Å². The number of amides is 1. The molecule has 0 aromatic carbocycles. The number of hydrogen-bond acceptors (Lipinski definition) is 3. The zero-order valence-electron chi connectivity index (χ0n) is 13.7. The highest BCUT2D eigenvalue weighted by Gasteiger charge is 2.32. The number of carbonyl (C=O) groups excluding carboxylic acids is 2. The smallest absolute Gasteiger partial charge is 0.311 e. The molecule has 112 valence electrons. The summed E-state index contributed by atoms with van der Waals surface area (Å²) < 4.78 is 7.21. The van der Waals surface area contributed by atoms with Gasteiger partial charge in [-0.15, -0.1) is 0 Å². The summed E-state index contributed by atoms with van der Waals surface area (Å²) in [5, 5.41) is 0. The van der Waals surface area contributed by atoms with Crippen LogP contribution < -0.4 is 0 Å². The lowest BCUT2D eigenvalue weighted by molar-refractivity contribution is -0.140. The Morgan fingerprint density at radius 1 is 1.05 bits per heavy atom. The molecule has 0 spiro atoms. The summed E-state index contributed by atoms with van der Waals surface area (Å²) >= 11 is 0. The number of nitrogens with zero attached hydrogens (tertiary/aromatic N) is 1. The molecule has 0 aliphatic carbocycles. The van der Waals surface area contributed by atoms with Crippen LogP contribution in [-0.4, -0.2) is 39.5 Å². The second kappa shape index (κ2) is 6.70. The van der Waals surface area contributed by atoms with Crippen LogP contribution in [-0.2, 0) is 14.0 Å². The average Bonchev–Trinajstić information content (AvgIpc) is 2.07. The van der Waals surface area contributed by atoms with Crippen LogP contribution >= 0.6 is 0 Å². The maximum Gasteiger partial charge on any atom is 0.311 e. The fraction of sp³-hybridized carbons (Fsp3) is 0.846. The van der Waals surface area contributed by atoms with Gasteiger partial charge in [-0.25, -0.2) is 0 Å². The average molecular weight is 304 g/mol. The summed E-state index contributed by atoms with van der Waals surface area (Å²) in [6, 6.07) is 0. The molecule has 0 unspecified atom stereocenters. The van der Waals surface area contributed by atoms with E-state index >= 15 is 0 Å². The number of carbonyl (C=O) groups is 2. The quantitative estimate of drug-likeness (QED) is 0.708. The Labute approximate surface area is 119 Å². The maximum absolute atomic E-state index is 12.3. The molecule has 0 aliphatic heterocycles. The maximum atomic E-state index is 12.3. The standard InChI is InChI=1S/C13H29NO3Si2/c1-11(2)9-12(15)14(18(3,4)5)10-13(16)17-19(6,7)8/h11H,9-10H2,1-8H3. The third kappa shape index (κ3) is 8.20. The second-order valence-corrected chi connectivity index (χ2v) is 16.6. The third-order valence-corrected chi connectivity index (χ3v) is 5.27. The van der Waals surface area contributed by atoms with Gasteiger partial charge in [0, 0.05) is 6.42 Å². The minimum Gasteiger partial charge on any atom is -0.519 e. The molecule has 0 radical (unpaired) electrons. The summed E-state index contributed by atoms with van der Waals surface area (Å²) in [7, 11) is -3.74. The fourth-order valence-electron chi connectivity index (χ4n) is 1.66. The molecular weight excluding hydrogens is 274 g/mol. The van der Waals surface area contributed by atoms with E-state index in [0.29, 0.717) is 12.3 Å². The Balaban J connectivity index is 4.81. The monoisotopic (exact) mass is 303 g/mol. The van der Waals surface area contributed by atoms with Crippen LogP contribution in [0.15, 0.2) is 0 Å². The van der Waals surface area contributed by atoms with Crippen LogP contribution in [0.4, 0.5) is 0 Å². The van der Waals surface area contributed by atoms with Gasteiger partial charge in [-0.1, -0.05) is 33.5 Å². The van der Waals surface area contributed by atoms with Crippen LogP contribution in [0.2, 0.25) is 39.3 Å². The number of hydrogen-bond donors (Lipinski definition) is 0. The molecule has 6 heteroatoms. The van der Waals surface area contributed by atoms with Crippen molar-refractivity contribution in [1.29, 1.82) is 0 Å². The van der Waals surface area contributed by atoms with E-state index in [0.717, 1.165) is 0 Å². The van der Waals surface area contributed by atoms with E-state index in [1.54, 1.807) is 4.57 Å². The molecule has 0 rings (SSSR count). The van der Waals surface area contributed by atoms with E-state index in [9.17, 15) is 9.59 Å². The van der Waals surface area contributed by atoms with Crippen molar-refractivity contribution >= 4 is 28.4 Å². The molecule has 0 saturated carbocycles. The summed E-state index contributed by atoms with van der Waals surface area (Å²) in [6.45, 7) is 16.3. The summed E-state index contributed by atoms with van der Waals surface area (Å²) in [5.74, 6) is 0.111. The van der Waals surface area contributed by atoms with Gasteiger partial charge in [0.1, 0.15) is 6.54 Å². The fourth-order valence-corrected chi connectivity index (χ4v) is 3.85. The lowest BCUT2D eigenvalue weighted by atomic mass is 10.1. The van der Waals surface area contributed by atoms with Crippen LogP contribution in [0.1, 0.15) is 20.3 Å². The van der Waals surface area contributed by atoms with Gasteiger partial charge in [-0.05, 0) is 25.6 Å². The molecular formula is C13H29NO3Si2. The van der Waals surface area contributed by atoms with Crippen molar-refractivity contribution in [3.8, 4) is 0 Å². The molecule has 19 heavy (non-hydrogen) atoms. The van der Waals surface area contributed by atoms with Crippen LogP contribution in [0.5, 0.6) is 0 Å². The zero-order valence-corrected chi connectivity index (χ0v) is 15.7. The van der Waals surface area contributed by atoms with E-state index in [2.05, 4.69) is 19.6 Å². The molecule has 0 aromatic heterocycles. The largest absolute Gasteiger partial charge is 0.519 e. The SMILES string of the molecule is CC(C)CC(=O)N(CC(=O)O[Si](C)(C)C)[Si](C)(C)C. The molecule has 0 N–H and O–H groups in total. The van der Waals surface area contributed by atoms with Crippen molar-refractivity contribution in [2.24, 2.45) is 5.92 Å². The van der Waals surface area contributed by atoms with Crippen molar-refractivity contribution in [3.05, 3.63) is 0 Å². The topological polar surface area (TPSA) is 46.6 Å². The first kappa shape index (κ1) is 18.4. The van der Waals surface area contributed by atoms with Crippen molar-refractivity contribution in [1.82, 2.24) is 4.57 Å². The van der Waals surface area contributed by atoms with Gasteiger partial charge in [0.05, 0.1) is 0 Å². The Morgan fingerprint density at radius 3 is 1.84 bits per heavy atom. The molecule has 0 saturated heterocycles. The van der Waals surface area contributed by atoms with Crippen molar-refractivity contribution in [3.63, 3.8) is 0 Å². The predicted octanol–water partition coefficient (Wildman–Crippen LogP) is 3.07. The van der Waals surface area contributed by atoms with Gasteiger partial charge in [0.15, 0.2) is 8.24 Å². The van der Waals surface area contributed by atoms with Gasteiger partial charge in [-0.3, -0.25) is 9.59 Å². The highest BCUT2D eigenvalue weighted by atomic mass is 28.4. The summed E-state index contributed by atoms with van der Waals surface area (Å²) in [5.41, 5.74) is 0. The minimum atomic E-state index is -1.89. The van der Waals surface area contributed by atoms with Crippen LogP contribution in [0.25, 0.3) is 0 Å². The lowest BCUT2D eigenvalue weighted by Crippen LogP contribution is -2.53. The Morgan fingerprint density at radius 2 is 1.53 bits per heavy atom. The molecule has 0 fully saturated rings. The first-order valence-electron chi connectivity index (χ1n) is 6.85. The Bertz CT molecular complexity index is 330. The van der Waals surface area contributed by atoms with E-state index in [1.807, 2.05) is 33.5 Å². The third-order valence-electron chi connectivity index (χ3n) is 2.40. The van der Waals surface area contributed by atoms with Gasteiger partial charge in [-0.2, -0.15) is 0 Å². The number of rotatable bonds is 6. The normalized spacial score (nSPS) is 12.5. The van der Waals surface area contributed by atoms with Gasteiger partial charge in [0.2, 0.25) is 14.2 Å². The van der Waals surface area contributed by atoms with Crippen molar-refractivity contribution in [2.45, 2.75) is 59.6 Å². The first-order valence-corrected chi connectivity index (χ1v) is 13.7. The molecule has 0 bridgehead atoms. The van der Waals surface area contributed by atoms with Crippen molar-refractivity contribution < 1.29 is 14.0 Å². The molecule has 0 atom stereocenters. The van der Waals surface area contributed by atoms with Gasteiger partial charge < -0.3 is 8.99 Å². The molecule has 0 heterocycles. The summed E-state index contributed by atoms with van der Waals surface area (Å²) in [6.07, 6.45) is 0.491. The highest BCUT2D eigenvalue weighted by molar-refractivity contribution is 6.75. The molecule has 1 amide bonds. The minimum absolute atomic E-state index is 0.0710. The first-order chi connectivity index (χ1) is 8.33. The summed E-state index contributed by atoms with van der Waals surface area (Å²) in [4.78, 5) is 24.2. The van der Waals surface area contributed by atoms with E-state index in [-0.39, 0.29) is 18.4 Å². The molecule has 4 nitrogen and oxygen atoms in total. The highest BCUT2D eigenvalue weighted by Crippen LogP contribution is 2.15. The van der Waals surface area contributed by atoms with Gasteiger partial charge in [0.25, 0.3) is 0 Å². The second-order valence-electron chi connectivity index (χ2n) is 7.34. The van der Waals surface area contributed by atoms with E-state index in [4.69, 9.17) is 4.43 Å². The van der Waals surface area contributed by atoms with E-state index in [1.165, 1.54) is 0 Å². The lowest BCUT2D eigenvalue weighted by Gasteiger charge is -2.34. The van der Waals surface area contributed by atoms with E-state index < -0.39 is 16.6 Å². The van der Waals surface area contributed by atoms with Crippen molar-refractivity contribution in [2.75, 3.05) is 6.54 Å². The van der Waals surface area contributed by atoms with Crippen LogP contribution in [0, 0.1) is 5.92 Å².